The van der Waals surface area contributed by atoms with Crippen LogP contribution in [0.25, 0.3) is 0 Å². The molecule has 4 heteroatoms. The van der Waals surface area contributed by atoms with E-state index in [1.54, 1.807) is 12.1 Å². The molecule has 5 rings (SSSR count). The first-order chi connectivity index (χ1) is 10.8. The summed E-state index contributed by atoms with van der Waals surface area (Å²) in [6.45, 7) is 4.65. The van der Waals surface area contributed by atoms with Crippen molar-refractivity contribution in [2.75, 3.05) is 0 Å². The smallest absolute Gasteiger partial charge is 0.269 e. The lowest BCUT2D eigenvalue weighted by atomic mass is 9.66. The zero-order valence-electron chi connectivity index (χ0n) is 13.5. The van der Waals surface area contributed by atoms with Crippen molar-refractivity contribution in [3.05, 3.63) is 39.9 Å². The van der Waals surface area contributed by atoms with Crippen molar-refractivity contribution in [3.8, 4) is 0 Å². The van der Waals surface area contributed by atoms with E-state index in [4.69, 9.17) is 0 Å². The Kier molecular flexibility index (Phi) is 2.19. The van der Waals surface area contributed by atoms with E-state index in [0.717, 1.165) is 24.7 Å². The summed E-state index contributed by atoms with van der Waals surface area (Å²) >= 11 is 0. The highest BCUT2D eigenvalue weighted by molar-refractivity contribution is 6.02. The van der Waals surface area contributed by atoms with E-state index in [0.29, 0.717) is 11.5 Å². The number of fused-ring (bicyclic) bond motifs is 1. The Labute approximate surface area is 135 Å². The number of ketones is 1. The summed E-state index contributed by atoms with van der Waals surface area (Å²) in [4.78, 5) is 23.9. The maximum Gasteiger partial charge on any atom is 0.269 e. The van der Waals surface area contributed by atoms with Crippen LogP contribution in [0.15, 0.2) is 24.3 Å². The lowest BCUT2D eigenvalue weighted by Gasteiger charge is -2.35. The molecule has 0 heterocycles. The van der Waals surface area contributed by atoms with Crippen LogP contribution in [0.3, 0.4) is 0 Å². The summed E-state index contributed by atoms with van der Waals surface area (Å²) in [5.41, 5.74) is 1.05. The summed E-state index contributed by atoms with van der Waals surface area (Å²) in [6, 6.07) is 6.26. The Morgan fingerprint density at radius 1 is 1.22 bits per heavy atom. The van der Waals surface area contributed by atoms with Gasteiger partial charge in [0.05, 0.1) is 4.92 Å². The number of non-ortho nitro benzene ring substituents is 1. The third kappa shape index (κ3) is 1.41. The lowest BCUT2D eigenvalue weighted by Crippen LogP contribution is -2.37. The highest BCUT2D eigenvalue weighted by Gasteiger charge is 2.87. The first kappa shape index (κ1) is 13.7. The number of benzene rings is 1. The largest absolute Gasteiger partial charge is 0.294 e. The predicted molar refractivity (Wildman–Crippen MR) is 85.0 cm³/mol. The van der Waals surface area contributed by atoms with Crippen LogP contribution in [0.5, 0.6) is 0 Å². The van der Waals surface area contributed by atoms with Crippen LogP contribution >= 0.6 is 0 Å². The van der Waals surface area contributed by atoms with E-state index in [2.05, 4.69) is 13.8 Å². The molecule has 5 atom stereocenters. The molecule has 0 radical (unpaired) electrons. The minimum Gasteiger partial charge on any atom is -0.294 e. The third-order valence-electron chi connectivity index (χ3n) is 7.57. The van der Waals surface area contributed by atoms with Crippen molar-refractivity contribution in [2.45, 2.75) is 39.5 Å². The molecule has 4 nitrogen and oxygen atoms in total. The van der Waals surface area contributed by atoms with Crippen LogP contribution in [0.2, 0.25) is 0 Å². The Balaban J connectivity index is 1.56. The van der Waals surface area contributed by atoms with Gasteiger partial charge in [0.25, 0.3) is 5.69 Å². The van der Waals surface area contributed by atoms with Crippen molar-refractivity contribution in [1.82, 2.24) is 0 Å². The molecule has 1 spiro atoms. The van der Waals surface area contributed by atoms with E-state index < -0.39 is 4.92 Å². The third-order valence-corrected chi connectivity index (χ3v) is 7.57. The minimum absolute atomic E-state index is 0.0547. The van der Waals surface area contributed by atoms with Gasteiger partial charge < -0.3 is 0 Å². The normalized spacial score (nSPS) is 44.2. The van der Waals surface area contributed by atoms with E-state index >= 15 is 0 Å². The molecule has 120 valence electrons. The first-order valence-corrected chi connectivity index (χ1v) is 8.61. The van der Waals surface area contributed by atoms with Crippen LogP contribution < -0.4 is 0 Å². The minimum atomic E-state index is -0.408. The van der Waals surface area contributed by atoms with Crippen molar-refractivity contribution in [2.24, 2.45) is 34.0 Å². The average molecular weight is 311 g/mol. The van der Waals surface area contributed by atoms with Crippen molar-refractivity contribution < 1.29 is 9.72 Å². The molecule has 0 amide bonds. The van der Waals surface area contributed by atoms with Crippen LogP contribution in [-0.2, 0) is 0 Å². The van der Waals surface area contributed by atoms with Gasteiger partial charge in [-0.15, -0.1) is 0 Å². The molecule has 0 N–H and O–H groups in total. The van der Waals surface area contributed by atoms with Crippen molar-refractivity contribution in [1.29, 1.82) is 0 Å². The van der Waals surface area contributed by atoms with Crippen LogP contribution in [-0.4, -0.2) is 10.7 Å². The van der Waals surface area contributed by atoms with Gasteiger partial charge in [0.1, 0.15) is 0 Å². The van der Waals surface area contributed by atoms with Gasteiger partial charge in [0, 0.05) is 23.1 Å². The van der Waals surface area contributed by atoms with Gasteiger partial charge in [0.15, 0.2) is 5.78 Å². The van der Waals surface area contributed by atoms with E-state index in [-0.39, 0.29) is 27.7 Å². The second-order valence-corrected chi connectivity index (χ2v) is 8.98. The van der Waals surface area contributed by atoms with Crippen molar-refractivity contribution in [3.63, 3.8) is 0 Å². The molecule has 1 aromatic rings. The summed E-state index contributed by atoms with van der Waals surface area (Å²) in [5.74, 6) is 2.50. The van der Waals surface area contributed by atoms with Gasteiger partial charge in [-0.05, 0) is 66.4 Å². The number of carbonyl (C=O) groups excluding carboxylic acids is 1. The van der Waals surface area contributed by atoms with Gasteiger partial charge in [-0.3, -0.25) is 14.9 Å². The zero-order valence-corrected chi connectivity index (χ0v) is 13.5. The Hall–Kier alpha value is -1.71. The molecule has 0 aliphatic heterocycles. The Bertz CT molecular complexity index is 752. The number of Topliss-reactive ketones (excluding diaryl/α,β-unsaturated/α-hetero) is 1. The molecule has 0 bridgehead atoms. The Morgan fingerprint density at radius 3 is 2.52 bits per heavy atom. The van der Waals surface area contributed by atoms with Gasteiger partial charge in [-0.25, -0.2) is 0 Å². The fourth-order valence-electron chi connectivity index (χ4n) is 6.82. The topological polar surface area (TPSA) is 60.2 Å². The summed E-state index contributed by atoms with van der Waals surface area (Å²) in [6.07, 6.45) is 4.59. The van der Waals surface area contributed by atoms with Crippen molar-refractivity contribution >= 4 is 11.5 Å². The number of hydrogen-bond acceptors (Lipinski definition) is 3. The molecule has 0 aromatic heterocycles. The molecular weight excluding hydrogens is 290 g/mol. The molecule has 1 aromatic carbocycles. The van der Waals surface area contributed by atoms with Crippen LogP contribution in [0, 0.1) is 44.1 Å². The molecule has 4 fully saturated rings. The maximum absolute atomic E-state index is 13.4. The number of rotatable bonds is 3. The standard InChI is InChI=1S/C19H21NO3/c1-17(2)10-18(8-12-7-14(12)19(18)9-15(17)19)16(21)11-3-5-13(6-4-11)20(22)23/h3-6,12,14-15H,7-10H2,1-2H3/t12-,14-,15-,18-,19+/m0/s1. The molecule has 0 saturated heterocycles. The number of carbonyl (C=O) groups is 1. The second-order valence-electron chi connectivity index (χ2n) is 8.98. The van der Waals surface area contributed by atoms with E-state index in [1.165, 1.54) is 25.0 Å². The fourth-order valence-corrected chi connectivity index (χ4v) is 6.82. The van der Waals surface area contributed by atoms with Gasteiger partial charge in [0.2, 0.25) is 0 Å². The number of nitro groups is 1. The summed E-state index contributed by atoms with van der Waals surface area (Å²) in [5, 5.41) is 10.8. The highest BCUT2D eigenvalue weighted by atomic mass is 16.6. The molecule has 23 heavy (non-hydrogen) atoms. The predicted octanol–water partition coefficient (Wildman–Crippen LogP) is 4.24. The molecule has 0 unspecified atom stereocenters. The second kappa shape index (κ2) is 3.68. The molecule has 4 aliphatic carbocycles. The van der Waals surface area contributed by atoms with Crippen LogP contribution in [0.1, 0.15) is 49.9 Å². The SMILES string of the molecule is CC1(C)C[C@]2(C(=O)c3ccc([N+](=O)[O-])cc3)C[C@@H]3C[C@@H]3[C@@]23C[C@@H]13. The number of nitro benzene ring substituents is 1. The first-order valence-electron chi connectivity index (χ1n) is 8.61. The van der Waals surface area contributed by atoms with Gasteiger partial charge in [-0.2, -0.15) is 0 Å². The van der Waals surface area contributed by atoms with Gasteiger partial charge >= 0.3 is 0 Å². The lowest BCUT2D eigenvalue weighted by molar-refractivity contribution is -0.384. The summed E-state index contributed by atoms with van der Waals surface area (Å²) < 4.78 is 0. The number of nitrogens with zero attached hydrogens (tertiary/aromatic N) is 1. The zero-order chi connectivity index (χ0) is 16.2. The molecular formula is C19H21NO3. The number of hydrogen-bond donors (Lipinski definition) is 0. The summed E-state index contributed by atoms with van der Waals surface area (Å²) in [7, 11) is 0. The average Bonchev–Trinajstić information content (AvgIpc) is 3.36. The van der Waals surface area contributed by atoms with Crippen LogP contribution in [0.4, 0.5) is 5.69 Å². The molecule has 4 saturated carbocycles. The Morgan fingerprint density at radius 2 is 1.91 bits per heavy atom. The monoisotopic (exact) mass is 311 g/mol. The maximum atomic E-state index is 13.4. The quantitative estimate of drug-likeness (QED) is 0.476. The van der Waals surface area contributed by atoms with E-state index in [1.807, 2.05) is 0 Å². The highest BCUT2D eigenvalue weighted by Crippen LogP contribution is 2.91. The van der Waals surface area contributed by atoms with Gasteiger partial charge in [-0.1, -0.05) is 13.8 Å². The fraction of sp³-hybridized carbons (Fsp3) is 0.632. The van der Waals surface area contributed by atoms with E-state index in [9.17, 15) is 14.9 Å². The molecule has 4 aliphatic rings.